The minimum atomic E-state index is -3.49. The molecule has 2 rings (SSSR count). The molecular weight excluding hydrogens is 367 g/mol. The van der Waals surface area contributed by atoms with Crippen LogP contribution in [0.1, 0.15) is 17.5 Å². The second-order valence-corrected chi connectivity index (χ2v) is 8.36. The number of nitrogens with zero attached hydrogens (tertiary/aromatic N) is 1. The van der Waals surface area contributed by atoms with Gasteiger partial charge in [0.05, 0.1) is 12.8 Å². The first-order chi connectivity index (χ1) is 12.9. The van der Waals surface area contributed by atoms with E-state index in [9.17, 15) is 17.6 Å². The second-order valence-electron chi connectivity index (χ2n) is 6.38. The third-order valence-electron chi connectivity index (χ3n) is 4.18. The van der Waals surface area contributed by atoms with E-state index in [0.717, 1.165) is 18.2 Å². The number of aryl methyl sites for hydroxylation is 1. The molecule has 0 atom stereocenters. The third-order valence-corrected chi connectivity index (χ3v) is 5.43. The molecule has 0 unspecified atom stereocenters. The van der Waals surface area contributed by atoms with E-state index in [2.05, 4.69) is 5.32 Å². The van der Waals surface area contributed by atoms with Crippen LogP contribution in [0.15, 0.2) is 54.6 Å². The summed E-state index contributed by atoms with van der Waals surface area (Å²) in [4.78, 5) is 12.1. The zero-order chi connectivity index (χ0) is 19.7. The number of nitrogens with one attached hydrogen (secondary N) is 1. The monoisotopic (exact) mass is 392 g/mol. The molecule has 2 aromatic rings. The van der Waals surface area contributed by atoms with Gasteiger partial charge in [0.25, 0.3) is 0 Å². The molecule has 0 saturated carbocycles. The van der Waals surface area contributed by atoms with Gasteiger partial charge in [0.1, 0.15) is 5.82 Å². The molecule has 27 heavy (non-hydrogen) atoms. The molecule has 0 aliphatic rings. The summed E-state index contributed by atoms with van der Waals surface area (Å²) in [7, 11) is -3.49. The van der Waals surface area contributed by atoms with Crippen molar-refractivity contribution >= 4 is 15.9 Å². The summed E-state index contributed by atoms with van der Waals surface area (Å²) in [5.41, 5.74) is 1.64. The molecule has 146 valence electrons. The van der Waals surface area contributed by atoms with Crippen molar-refractivity contribution in [3.05, 3.63) is 71.5 Å². The molecule has 7 heteroatoms. The van der Waals surface area contributed by atoms with Crippen LogP contribution in [0.3, 0.4) is 0 Å². The lowest BCUT2D eigenvalue weighted by Gasteiger charge is -2.19. The summed E-state index contributed by atoms with van der Waals surface area (Å²) < 4.78 is 38.6. The van der Waals surface area contributed by atoms with E-state index in [1.54, 1.807) is 18.2 Å². The molecule has 0 aliphatic heterocycles. The highest BCUT2D eigenvalue weighted by molar-refractivity contribution is 7.88. The summed E-state index contributed by atoms with van der Waals surface area (Å²) in [5, 5.41) is 2.66. The van der Waals surface area contributed by atoms with Crippen LogP contribution in [0, 0.1) is 5.82 Å². The van der Waals surface area contributed by atoms with Crippen molar-refractivity contribution in [2.24, 2.45) is 0 Å². The first kappa shape index (κ1) is 21.1. The fraction of sp³-hybridized carbons (Fsp3) is 0.350. The fourth-order valence-corrected chi connectivity index (χ4v) is 3.53. The fourth-order valence-electron chi connectivity index (χ4n) is 2.72. The Morgan fingerprint density at radius 2 is 1.70 bits per heavy atom. The van der Waals surface area contributed by atoms with Crippen LogP contribution in [0.5, 0.6) is 0 Å². The van der Waals surface area contributed by atoms with Gasteiger partial charge in [-0.15, -0.1) is 0 Å². The van der Waals surface area contributed by atoms with Gasteiger partial charge in [0, 0.05) is 13.1 Å². The molecule has 0 fully saturated rings. The zero-order valence-electron chi connectivity index (χ0n) is 15.4. The molecule has 0 spiro atoms. The van der Waals surface area contributed by atoms with E-state index < -0.39 is 15.9 Å². The van der Waals surface area contributed by atoms with E-state index >= 15 is 0 Å². The first-order valence-corrected chi connectivity index (χ1v) is 10.7. The average Bonchev–Trinajstić information content (AvgIpc) is 2.62. The molecule has 0 radical (unpaired) electrons. The molecule has 0 saturated heterocycles. The predicted octanol–water partition coefficient (Wildman–Crippen LogP) is 2.38. The molecule has 2 aromatic carbocycles. The molecular formula is C20H25FN2O3S. The van der Waals surface area contributed by atoms with Crippen LogP contribution < -0.4 is 5.32 Å². The minimum absolute atomic E-state index is 0.231. The number of hydrogen-bond donors (Lipinski definition) is 1. The van der Waals surface area contributed by atoms with Crippen LogP contribution in [0.2, 0.25) is 0 Å². The largest absolute Gasteiger partial charge is 0.355 e. The van der Waals surface area contributed by atoms with Crippen molar-refractivity contribution in [3.8, 4) is 0 Å². The standard InChI is InChI=1S/C20H25FN2O3S/c1-27(25,26)23(15-7-10-17-8-3-2-4-9-17)16-20(24)22-14-13-18-11-5-6-12-19(18)21/h2-6,8-9,11-12H,7,10,13-16H2,1H3,(H,22,24). The van der Waals surface area contributed by atoms with Crippen LogP contribution in [-0.2, 0) is 27.7 Å². The molecule has 0 bridgehead atoms. The molecule has 0 heterocycles. The molecule has 0 aliphatic carbocycles. The number of carbonyl (C=O) groups is 1. The molecule has 1 amide bonds. The Morgan fingerprint density at radius 3 is 2.37 bits per heavy atom. The number of carbonyl (C=O) groups excluding carboxylic acids is 1. The maximum Gasteiger partial charge on any atom is 0.235 e. The van der Waals surface area contributed by atoms with E-state index in [4.69, 9.17) is 0 Å². The number of rotatable bonds is 10. The lowest BCUT2D eigenvalue weighted by atomic mass is 10.1. The second kappa shape index (κ2) is 10.2. The summed E-state index contributed by atoms with van der Waals surface area (Å²) in [6, 6.07) is 16.1. The van der Waals surface area contributed by atoms with Gasteiger partial charge in [0.15, 0.2) is 0 Å². The molecule has 0 aromatic heterocycles. The third kappa shape index (κ3) is 7.48. The van der Waals surface area contributed by atoms with Gasteiger partial charge < -0.3 is 5.32 Å². The van der Waals surface area contributed by atoms with Crippen molar-refractivity contribution in [1.29, 1.82) is 0 Å². The topological polar surface area (TPSA) is 66.5 Å². The number of hydrogen-bond acceptors (Lipinski definition) is 3. The Hall–Kier alpha value is -2.25. The van der Waals surface area contributed by atoms with Gasteiger partial charge in [-0.25, -0.2) is 12.8 Å². The summed E-state index contributed by atoms with van der Waals surface area (Å²) in [6.07, 6.45) is 2.81. The first-order valence-electron chi connectivity index (χ1n) is 8.85. The van der Waals surface area contributed by atoms with Gasteiger partial charge in [-0.3, -0.25) is 4.79 Å². The Kier molecular flexibility index (Phi) is 7.94. The number of benzene rings is 2. The highest BCUT2D eigenvalue weighted by Gasteiger charge is 2.19. The minimum Gasteiger partial charge on any atom is -0.355 e. The summed E-state index contributed by atoms with van der Waals surface area (Å²) >= 11 is 0. The van der Waals surface area contributed by atoms with Crippen molar-refractivity contribution in [3.63, 3.8) is 0 Å². The number of amides is 1. The smallest absolute Gasteiger partial charge is 0.235 e. The van der Waals surface area contributed by atoms with Gasteiger partial charge in [0.2, 0.25) is 15.9 Å². The van der Waals surface area contributed by atoms with Crippen LogP contribution in [0.4, 0.5) is 4.39 Å². The Morgan fingerprint density at radius 1 is 1.04 bits per heavy atom. The van der Waals surface area contributed by atoms with Gasteiger partial charge >= 0.3 is 0 Å². The van der Waals surface area contributed by atoms with Crippen molar-refractivity contribution < 1.29 is 17.6 Å². The lowest BCUT2D eigenvalue weighted by molar-refractivity contribution is -0.121. The number of sulfonamides is 1. The molecule has 1 N–H and O–H groups in total. The van der Waals surface area contributed by atoms with E-state index in [1.165, 1.54) is 10.4 Å². The van der Waals surface area contributed by atoms with Gasteiger partial charge in [-0.1, -0.05) is 48.5 Å². The predicted molar refractivity (Wildman–Crippen MR) is 104 cm³/mol. The van der Waals surface area contributed by atoms with Crippen LogP contribution in [0.25, 0.3) is 0 Å². The quantitative estimate of drug-likeness (QED) is 0.675. The molecule has 5 nitrogen and oxygen atoms in total. The highest BCUT2D eigenvalue weighted by Crippen LogP contribution is 2.07. The summed E-state index contributed by atoms with van der Waals surface area (Å²) in [6.45, 7) is 0.292. The van der Waals surface area contributed by atoms with Crippen LogP contribution in [-0.4, -0.2) is 44.5 Å². The lowest BCUT2D eigenvalue weighted by Crippen LogP contribution is -2.41. The maximum atomic E-state index is 13.6. The van der Waals surface area contributed by atoms with Crippen molar-refractivity contribution in [1.82, 2.24) is 9.62 Å². The Balaban J connectivity index is 1.80. The average molecular weight is 392 g/mol. The van der Waals surface area contributed by atoms with Crippen molar-refractivity contribution in [2.75, 3.05) is 25.9 Å². The highest BCUT2D eigenvalue weighted by atomic mass is 32.2. The van der Waals surface area contributed by atoms with E-state index in [-0.39, 0.29) is 25.5 Å². The van der Waals surface area contributed by atoms with Crippen molar-refractivity contribution in [2.45, 2.75) is 19.3 Å². The Labute approximate surface area is 160 Å². The van der Waals surface area contributed by atoms with Crippen LogP contribution >= 0.6 is 0 Å². The number of halogens is 1. The SMILES string of the molecule is CS(=O)(=O)N(CCCc1ccccc1)CC(=O)NCCc1ccccc1F. The zero-order valence-corrected chi connectivity index (χ0v) is 16.2. The Bertz CT molecular complexity index is 841. The van der Waals surface area contributed by atoms with E-state index in [1.807, 2.05) is 30.3 Å². The van der Waals surface area contributed by atoms with Gasteiger partial charge in [-0.05, 0) is 36.5 Å². The van der Waals surface area contributed by atoms with Gasteiger partial charge in [-0.2, -0.15) is 4.31 Å². The normalized spacial score (nSPS) is 11.5. The maximum absolute atomic E-state index is 13.6. The van der Waals surface area contributed by atoms with E-state index in [0.29, 0.717) is 18.4 Å². The summed E-state index contributed by atoms with van der Waals surface area (Å²) in [5.74, 6) is -0.707.